The number of aromatic nitrogens is 1. The van der Waals surface area contributed by atoms with Gasteiger partial charge in [0.2, 0.25) is 0 Å². The molecule has 108 valence electrons. The van der Waals surface area contributed by atoms with Crippen molar-refractivity contribution in [3.8, 4) is 6.07 Å². The maximum Gasteiger partial charge on any atom is 0.350 e. The average Bonchev–Trinajstić information content (AvgIpc) is 2.94. The van der Waals surface area contributed by atoms with Crippen molar-refractivity contribution in [2.24, 2.45) is 0 Å². The summed E-state index contributed by atoms with van der Waals surface area (Å²) in [6.07, 6.45) is 1.07. The molecule has 2 rings (SSSR count). The van der Waals surface area contributed by atoms with Crippen LogP contribution in [0.3, 0.4) is 0 Å². The number of pyridine rings is 1. The lowest BCUT2D eigenvalue weighted by atomic mass is 10.4. The molecule has 1 N–H and O–H groups in total. The van der Waals surface area contributed by atoms with Crippen molar-refractivity contribution in [3.05, 3.63) is 40.3 Å². The highest BCUT2D eigenvalue weighted by Crippen LogP contribution is 2.25. The van der Waals surface area contributed by atoms with Crippen molar-refractivity contribution in [2.45, 2.75) is 4.90 Å². The minimum Gasteiger partial charge on any atom is -0.465 e. The molecule has 9 heteroatoms. The monoisotopic (exact) mass is 323 g/mol. The van der Waals surface area contributed by atoms with Gasteiger partial charge in [0.05, 0.1) is 12.8 Å². The number of sulfonamides is 1. The van der Waals surface area contributed by atoms with Crippen molar-refractivity contribution >= 4 is 33.0 Å². The van der Waals surface area contributed by atoms with E-state index in [1.807, 2.05) is 0 Å². The van der Waals surface area contributed by atoms with E-state index in [0.29, 0.717) is 0 Å². The van der Waals surface area contributed by atoms with E-state index in [0.717, 1.165) is 17.5 Å². The SMILES string of the molecule is COC(=O)c1sccc1NS(=O)(=O)c1ccc(C#N)nc1. The molecule has 2 heterocycles. The predicted octanol–water partition coefficient (Wildman–Crippen LogP) is 1.60. The summed E-state index contributed by atoms with van der Waals surface area (Å²) in [5, 5.41) is 10.2. The Morgan fingerprint density at radius 3 is 2.76 bits per heavy atom. The van der Waals surface area contributed by atoms with Crippen LogP contribution in [0.5, 0.6) is 0 Å². The molecule has 0 spiro atoms. The molecule has 0 aliphatic heterocycles. The van der Waals surface area contributed by atoms with Gasteiger partial charge in [0.1, 0.15) is 21.5 Å². The summed E-state index contributed by atoms with van der Waals surface area (Å²) in [7, 11) is -2.68. The van der Waals surface area contributed by atoms with E-state index in [-0.39, 0.29) is 21.2 Å². The van der Waals surface area contributed by atoms with Gasteiger partial charge in [0, 0.05) is 6.20 Å². The van der Waals surface area contributed by atoms with E-state index in [1.54, 1.807) is 11.4 Å². The van der Waals surface area contributed by atoms with Gasteiger partial charge < -0.3 is 4.74 Å². The lowest BCUT2D eigenvalue weighted by Crippen LogP contribution is -2.15. The molecular formula is C12H9N3O4S2. The second kappa shape index (κ2) is 5.90. The second-order valence-corrected chi connectivity index (χ2v) is 6.35. The van der Waals surface area contributed by atoms with Crippen molar-refractivity contribution in [3.63, 3.8) is 0 Å². The number of thiophene rings is 1. The third kappa shape index (κ3) is 3.18. The first-order valence-corrected chi connectivity index (χ1v) is 7.89. The number of methoxy groups -OCH3 is 1. The molecule has 0 fully saturated rings. The van der Waals surface area contributed by atoms with Gasteiger partial charge in [-0.05, 0) is 23.6 Å². The zero-order valence-corrected chi connectivity index (χ0v) is 12.4. The standard InChI is InChI=1S/C12H9N3O4S2/c1-19-12(16)11-10(4-5-20-11)15-21(17,18)9-3-2-8(6-13)14-7-9/h2-5,7,15H,1H3. The molecule has 0 aromatic carbocycles. The van der Waals surface area contributed by atoms with Gasteiger partial charge >= 0.3 is 5.97 Å². The zero-order valence-electron chi connectivity index (χ0n) is 10.7. The first-order valence-electron chi connectivity index (χ1n) is 5.52. The van der Waals surface area contributed by atoms with Gasteiger partial charge in [0.15, 0.2) is 0 Å². The highest BCUT2D eigenvalue weighted by Gasteiger charge is 2.20. The molecule has 0 aliphatic rings. The number of hydrogen-bond acceptors (Lipinski definition) is 7. The smallest absolute Gasteiger partial charge is 0.350 e. The third-order valence-corrected chi connectivity index (χ3v) is 4.69. The molecule has 0 aliphatic carbocycles. The number of rotatable bonds is 4. The molecule has 0 saturated heterocycles. The van der Waals surface area contributed by atoms with Crippen LogP contribution in [0.2, 0.25) is 0 Å². The highest BCUT2D eigenvalue weighted by atomic mass is 32.2. The van der Waals surface area contributed by atoms with E-state index in [2.05, 4.69) is 14.4 Å². The van der Waals surface area contributed by atoms with Gasteiger partial charge in [-0.15, -0.1) is 11.3 Å². The van der Waals surface area contributed by atoms with Crippen molar-refractivity contribution in [1.29, 1.82) is 5.26 Å². The average molecular weight is 323 g/mol. The van der Waals surface area contributed by atoms with Crippen LogP contribution < -0.4 is 4.72 Å². The highest BCUT2D eigenvalue weighted by molar-refractivity contribution is 7.92. The molecule has 0 saturated carbocycles. The summed E-state index contributed by atoms with van der Waals surface area (Å²) in [5.41, 5.74) is 0.246. The summed E-state index contributed by atoms with van der Waals surface area (Å²) in [4.78, 5) is 15.3. The molecule has 2 aromatic heterocycles. The van der Waals surface area contributed by atoms with Crippen LogP contribution in [0.1, 0.15) is 15.4 Å². The number of nitrogens with one attached hydrogen (secondary N) is 1. The Bertz CT molecular complexity index is 804. The molecule has 7 nitrogen and oxygen atoms in total. The first kappa shape index (κ1) is 15.0. The van der Waals surface area contributed by atoms with Gasteiger partial charge in [-0.25, -0.2) is 18.2 Å². The van der Waals surface area contributed by atoms with Crippen LogP contribution in [-0.2, 0) is 14.8 Å². The number of hydrogen-bond donors (Lipinski definition) is 1. The van der Waals surface area contributed by atoms with Gasteiger partial charge in [-0.2, -0.15) is 5.26 Å². The molecule has 0 radical (unpaired) electrons. The second-order valence-electron chi connectivity index (χ2n) is 3.75. The number of ether oxygens (including phenoxy) is 1. The van der Waals surface area contributed by atoms with Crippen molar-refractivity contribution < 1.29 is 17.9 Å². The van der Waals surface area contributed by atoms with Gasteiger partial charge in [0.25, 0.3) is 10.0 Å². The maximum absolute atomic E-state index is 12.2. The fourth-order valence-electron chi connectivity index (χ4n) is 1.45. The lowest BCUT2D eigenvalue weighted by molar-refractivity contribution is 0.0607. The molecule has 2 aromatic rings. The molecule has 0 atom stereocenters. The molecule has 21 heavy (non-hydrogen) atoms. The van der Waals surface area contributed by atoms with Crippen LogP contribution in [0.15, 0.2) is 34.7 Å². The van der Waals surface area contributed by atoms with Gasteiger partial charge in [-0.3, -0.25) is 4.72 Å². The summed E-state index contributed by atoms with van der Waals surface area (Å²) in [6, 6.07) is 5.82. The number of carbonyl (C=O) groups is 1. The fraction of sp³-hybridized carbons (Fsp3) is 0.0833. The molecule has 0 bridgehead atoms. The third-order valence-electron chi connectivity index (χ3n) is 2.44. The van der Waals surface area contributed by atoms with Crippen LogP contribution in [-0.4, -0.2) is 26.5 Å². The topological polar surface area (TPSA) is 109 Å². The summed E-state index contributed by atoms with van der Waals surface area (Å²) < 4.78 is 31.2. The number of esters is 1. The first-order chi connectivity index (χ1) is 9.97. The Hall–Kier alpha value is -2.44. The van der Waals surface area contributed by atoms with Crippen LogP contribution >= 0.6 is 11.3 Å². The van der Waals surface area contributed by atoms with Crippen molar-refractivity contribution in [2.75, 3.05) is 11.8 Å². The largest absolute Gasteiger partial charge is 0.465 e. The normalized spacial score (nSPS) is 10.7. The quantitative estimate of drug-likeness (QED) is 0.856. The van der Waals surface area contributed by atoms with Crippen LogP contribution in [0, 0.1) is 11.3 Å². The fourth-order valence-corrected chi connectivity index (χ4v) is 3.30. The van der Waals surface area contributed by atoms with Crippen LogP contribution in [0.25, 0.3) is 0 Å². The predicted molar refractivity (Wildman–Crippen MR) is 75.4 cm³/mol. The Kier molecular flexibility index (Phi) is 4.21. The van der Waals surface area contributed by atoms with E-state index in [1.165, 1.54) is 25.3 Å². The number of nitrogens with zero attached hydrogens (tertiary/aromatic N) is 2. The van der Waals surface area contributed by atoms with Gasteiger partial charge in [-0.1, -0.05) is 0 Å². The summed E-state index contributed by atoms with van der Waals surface area (Å²) in [5.74, 6) is -0.624. The van der Waals surface area contributed by atoms with E-state index >= 15 is 0 Å². The molecule has 0 amide bonds. The Morgan fingerprint density at radius 1 is 1.43 bits per heavy atom. The van der Waals surface area contributed by atoms with Crippen molar-refractivity contribution in [1.82, 2.24) is 4.98 Å². The minimum atomic E-state index is -3.90. The zero-order chi connectivity index (χ0) is 15.5. The lowest BCUT2D eigenvalue weighted by Gasteiger charge is -2.07. The number of anilines is 1. The molecule has 0 unspecified atom stereocenters. The van der Waals surface area contributed by atoms with E-state index in [4.69, 9.17) is 5.26 Å². The minimum absolute atomic E-state index is 0.108. The number of carbonyl (C=O) groups excluding carboxylic acids is 1. The summed E-state index contributed by atoms with van der Waals surface area (Å²) >= 11 is 1.06. The maximum atomic E-state index is 12.2. The van der Waals surface area contributed by atoms with E-state index < -0.39 is 16.0 Å². The Labute approximate surface area is 124 Å². The Morgan fingerprint density at radius 2 is 2.19 bits per heavy atom. The molecular weight excluding hydrogens is 314 g/mol. The number of nitriles is 1. The van der Waals surface area contributed by atoms with Crippen LogP contribution in [0.4, 0.5) is 5.69 Å². The Balaban J connectivity index is 2.31. The summed E-state index contributed by atoms with van der Waals surface area (Å²) in [6.45, 7) is 0. The van der Waals surface area contributed by atoms with E-state index in [9.17, 15) is 13.2 Å².